The fraction of sp³-hybridized carbons (Fsp3) is 1.00. The first-order valence-electron chi connectivity index (χ1n) is 2.93. The smallest absolute Gasteiger partial charge is 0.272 e. The SMILES string of the molecule is COS(=O)(=O)C(SC)S(=O)(=O)OC. The van der Waals surface area contributed by atoms with E-state index in [1.54, 1.807) is 0 Å². The number of thioether (sulfide) groups is 1. The monoisotopic (exact) mass is 250 g/mol. The molecule has 0 saturated carbocycles. The Labute approximate surface area is 81.9 Å². The molecule has 0 amide bonds. The summed E-state index contributed by atoms with van der Waals surface area (Å²) in [5, 5.41) is 0. The van der Waals surface area contributed by atoms with Crippen LogP contribution in [0.3, 0.4) is 0 Å². The Morgan fingerprint density at radius 2 is 1.31 bits per heavy atom. The summed E-state index contributed by atoms with van der Waals surface area (Å²) in [6.07, 6.45) is 1.33. The summed E-state index contributed by atoms with van der Waals surface area (Å²) in [4.78, 5) is 0. The second-order valence-electron chi connectivity index (χ2n) is 1.84. The zero-order valence-electron chi connectivity index (χ0n) is 7.25. The molecule has 6 nitrogen and oxygen atoms in total. The number of hydrogen-bond acceptors (Lipinski definition) is 7. The zero-order valence-corrected chi connectivity index (χ0v) is 9.70. The third kappa shape index (κ3) is 3.09. The van der Waals surface area contributed by atoms with Gasteiger partial charge in [0.1, 0.15) is 0 Å². The standard InChI is InChI=1S/C4H10O6S3/c1-9-12(5,6)4(11-3)13(7,8)10-2/h4H,1-3H3. The molecule has 0 radical (unpaired) electrons. The first-order valence-corrected chi connectivity index (χ1v) is 7.16. The zero-order chi connectivity index (χ0) is 10.7. The van der Waals surface area contributed by atoms with Gasteiger partial charge in [0.2, 0.25) is 0 Å². The molecule has 0 aromatic rings. The molecule has 0 bridgehead atoms. The maximum Gasteiger partial charge on any atom is 0.296 e. The highest BCUT2D eigenvalue weighted by Gasteiger charge is 2.37. The normalized spacial score (nSPS) is 13.5. The summed E-state index contributed by atoms with van der Waals surface area (Å²) in [7, 11) is -6.48. The van der Waals surface area contributed by atoms with Gasteiger partial charge in [0, 0.05) is 0 Å². The van der Waals surface area contributed by atoms with E-state index in [1.807, 2.05) is 0 Å². The maximum atomic E-state index is 11.0. The van der Waals surface area contributed by atoms with Crippen LogP contribution in [0.5, 0.6) is 0 Å². The molecule has 0 aromatic carbocycles. The van der Waals surface area contributed by atoms with E-state index in [9.17, 15) is 16.8 Å². The minimum atomic E-state index is -4.13. The molecule has 0 atom stereocenters. The second kappa shape index (κ2) is 4.60. The van der Waals surface area contributed by atoms with Crippen molar-refractivity contribution in [2.45, 2.75) is 3.91 Å². The van der Waals surface area contributed by atoms with E-state index in [4.69, 9.17) is 0 Å². The summed E-state index contributed by atoms with van der Waals surface area (Å²) in [6, 6.07) is 0. The lowest BCUT2D eigenvalue weighted by Crippen LogP contribution is -2.28. The van der Waals surface area contributed by atoms with Gasteiger partial charge in [-0.15, -0.1) is 11.8 Å². The van der Waals surface area contributed by atoms with Gasteiger partial charge in [0.05, 0.1) is 14.2 Å². The fourth-order valence-electron chi connectivity index (χ4n) is 0.537. The lowest BCUT2D eigenvalue weighted by Gasteiger charge is -2.11. The highest BCUT2D eigenvalue weighted by Crippen LogP contribution is 2.22. The largest absolute Gasteiger partial charge is 0.296 e. The third-order valence-corrected chi connectivity index (χ3v) is 7.37. The Kier molecular flexibility index (Phi) is 4.66. The Morgan fingerprint density at radius 1 is 1.00 bits per heavy atom. The van der Waals surface area contributed by atoms with E-state index < -0.39 is 24.2 Å². The van der Waals surface area contributed by atoms with E-state index in [1.165, 1.54) is 6.26 Å². The van der Waals surface area contributed by atoms with E-state index in [0.29, 0.717) is 11.8 Å². The maximum absolute atomic E-state index is 11.0. The van der Waals surface area contributed by atoms with E-state index in [0.717, 1.165) is 14.2 Å². The van der Waals surface area contributed by atoms with Crippen molar-refractivity contribution in [3.05, 3.63) is 0 Å². The molecular weight excluding hydrogens is 240 g/mol. The van der Waals surface area contributed by atoms with Crippen LogP contribution in [0, 0.1) is 0 Å². The fourth-order valence-corrected chi connectivity index (χ4v) is 4.83. The summed E-state index contributed by atoms with van der Waals surface area (Å²) >= 11 is 0.607. The first-order chi connectivity index (χ1) is 5.81. The molecular formula is C4H10O6S3. The Bertz CT molecular complexity index is 306. The Hall–Kier alpha value is 0.170. The van der Waals surface area contributed by atoms with E-state index >= 15 is 0 Å². The van der Waals surface area contributed by atoms with Crippen LogP contribution in [-0.2, 0) is 28.6 Å². The molecule has 0 aromatic heterocycles. The van der Waals surface area contributed by atoms with Crippen molar-refractivity contribution in [2.24, 2.45) is 0 Å². The second-order valence-corrected chi connectivity index (χ2v) is 7.26. The average molecular weight is 250 g/mol. The minimum absolute atomic E-state index is 0.607. The van der Waals surface area contributed by atoms with Crippen molar-refractivity contribution in [1.82, 2.24) is 0 Å². The molecule has 0 aliphatic rings. The molecule has 0 heterocycles. The predicted molar refractivity (Wildman–Crippen MR) is 49.2 cm³/mol. The molecule has 9 heteroatoms. The van der Waals surface area contributed by atoms with Crippen LogP contribution in [0.1, 0.15) is 0 Å². The van der Waals surface area contributed by atoms with Crippen LogP contribution < -0.4 is 0 Å². The summed E-state index contributed by atoms with van der Waals surface area (Å²) in [5.41, 5.74) is 0. The quantitative estimate of drug-likeness (QED) is 0.613. The van der Waals surface area contributed by atoms with Crippen LogP contribution in [-0.4, -0.2) is 41.2 Å². The van der Waals surface area contributed by atoms with Crippen molar-refractivity contribution in [3.8, 4) is 0 Å². The molecule has 0 fully saturated rings. The van der Waals surface area contributed by atoms with E-state index in [2.05, 4.69) is 8.37 Å². The third-order valence-electron chi connectivity index (χ3n) is 1.13. The Morgan fingerprint density at radius 3 is 1.46 bits per heavy atom. The van der Waals surface area contributed by atoms with Crippen LogP contribution in [0.4, 0.5) is 0 Å². The van der Waals surface area contributed by atoms with Crippen LogP contribution in [0.15, 0.2) is 0 Å². The summed E-state index contributed by atoms with van der Waals surface area (Å²) in [5.74, 6) is 0. The first kappa shape index (κ1) is 13.2. The molecule has 0 N–H and O–H groups in total. The average Bonchev–Trinajstić information content (AvgIpc) is 2.05. The Balaban J connectivity index is 5.18. The van der Waals surface area contributed by atoms with Crippen molar-refractivity contribution in [3.63, 3.8) is 0 Å². The van der Waals surface area contributed by atoms with Gasteiger partial charge in [0.15, 0.2) is 0 Å². The van der Waals surface area contributed by atoms with Crippen molar-refractivity contribution >= 4 is 32.0 Å². The minimum Gasteiger partial charge on any atom is -0.272 e. The molecule has 0 saturated heterocycles. The summed E-state index contributed by atoms with van der Waals surface area (Å²) in [6.45, 7) is 0. The van der Waals surface area contributed by atoms with Gasteiger partial charge >= 0.3 is 0 Å². The lowest BCUT2D eigenvalue weighted by molar-refractivity contribution is 0.384. The van der Waals surface area contributed by atoms with Gasteiger partial charge in [0.25, 0.3) is 24.2 Å². The van der Waals surface area contributed by atoms with Crippen molar-refractivity contribution in [2.75, 3.05) is 20.5 Å². The number of rotatable bonds is 5. The van der Waals surface area contributed by atoms with Crippen molar-refractivity contribution < 1.29 is 25.2 Å². The predicted octanol–water partition coefficient (Wildman–Crippen LogP) is -0.415. The molecule has 0 rings (SSSR count). The molecule has 0 spiro atoms. The topological polar surface area (TPSA) is 86.7 Å². The van der Waals surface area contributed by atoms with Crippen molar-refractivity contribution in [1.29, 1.82) is 0 Å². The van der Waals surface area contributed by atoms with Crippen LogP contribution >= 0.6 is 11.8 Å². The van der Waals surface area contributed by atoms with Gasteiger partial charge in [-0.2, -0.15) is 16.8 Å². The molecule has 0 unspecified atom stereocenters. The number of hydrogen-bond donors (Lipinski definition) is 0. The van der Waals surface area contributed by atoms with Gasteiger partial charge in [-0.1, -0.05) is 0 Å². The van der Waals surface area contributed by atoms with Crippen LogP contribution in [0.2, 0.25) is 0 Å². The van der Waals surface area contributed by atoms with Crippen LogP contribution in [0.25, 0.3) is 0 Å². The molecule has 80 valence electrons. The molecule has 0 aliphatic heterocycles. The highest BCUT2D eigenvalue weighted by molar-refractivity contribution is 8.24. The molecule has 13 heavy (non-hydrogen) atoms. The lowest BCUT2D eigenvalue weighted by atomic mass is 11.8. The molecule has 0 aliphatic carbocycles. The van der Waals surface area contributed by atoms with Gasteiger partial charge in [-0.05, 0) is 6.26 Å². The van der Waals surface area contributed by atoms with Gasteiger partial charge < -0.3 is 0 Å². The van der Waals surface area contributed by atoms with Gasteiger partial charge in [-0.25, -0.2) is 0 Å². The summed E-state index contributed by atoms with van der Waals surface area (Å²) < 4.78 is 50.5. The highest BCUT2D eigenvalue weighted by atomic mass is 32.3. The van der Waals surface area contributed by atoms with E-state index in [-0.39, 0.29) is 0 Å². The van der Waals surface area contributed by atoms with Gasteiger partial charge in [-0.3, -0.25) is 8.37 Å².